The topological polar surface area (TPSA) is 72.3 Å². The van der Waals surface area contributed by atoms with Crippen LogP contribution in [0.1, 0.15) is 27.2 Å². The summed E-state index contributed by atoms with van der Waals surface area (Å²) in [5.74, 6) is 0. The van der Waals surface area contributed by atoms with Gasteiger partial charge in [0.2, 0.25) is 0 Å². The Morgan fingerprint density at radius 2 is 2.10 bits per heavy atom. The molecule has 0 spiro atoms. The lowest BCUT2D eigenvalue weighted by Crippen LogP contribution is -2.36. The Balaban J connectivity index is 1.73. The Labute approximate surface area is 177 Å². The van der Waals surface area contributed by atoms with Crippen LogP contribution in [0.2, 0.25) is 5.15 Å². The zero-order chi connectivity index (χ0) is 22.1. The van der Waals surface area contributed by atoms with E-state index in [4.69, 9.17) is 16.3 Å². The maximum absolute atomic E-state index is 12.6. The molecule has 7 nitrogen and oxygen atoms in total. The molecule has 0 bridgehead atoms. The van der Waals surface area contributed by atoms with Gasteiger partial charge in [-0.15, -0.1) is 0 Å². The molecule has 0 radical (unpaired) electrons. The predicted octanol–water partition coefficient (Wildman–Crippen LogP) is 4.58. The van der Waals surface area contributed by atoms with Crippen LogP contribution in [0.5, 0.6) is 0 Å². The Kier molecular flexibility index (Phi) is 6.16. The minimum Gasteiger partial charge on any atom is -0.444 e. The lowest BCUT2D eigenvalue weighted by atomic mass is 10.1. The fraction of sp³-hybridized carbons (Fsp3) is 0.526. The third-order valence-corrected chi connectivity index (χ3v) is 4.53. The zero-order valence-electron chi connectivity index (χ0n) is 16.8. The maximum Gasteiger partial charge on any atom is 0.410 e. The van der Waals surface area contributed by atoms with E-state index in [1.807, 2.05) is 0 Å². The van der Waals surface area contributed by atoms with Crippen LogP contribution in [0.15, 0.2) is 24.5 Å². The fourth-order valence-corrected chi connectivity index (χ4v) is 3.28. The van der Waals surface area contributed by atoms with Crippen molar-refractivity contribution in [1.29, 1.82) is 0 Å². The molecule has 3 rings (SSSR count). The molecule has 0 aliphatic carbocycles. The van der Waals surface area contributed by atoms with Crippen LogP contribution in [0.3, 0.4) is 0 Å². The second-order valence-electron chi connectivity index (χ2n) is 8.12. The van der Waals surface area contributed by atoms with E-state index in [0.717, 1.165) is 4.68 Å². The molecule has 2 aromatic heterocycles. The van der Waals surface area contributed by atoms with Gasteiger partial charge in [-0.1, -0.05) is 11.6 Å². The van der Waals surface area contributed by atoms with Gasteiger partial charge in [0.25, 0.3) is 0 Å². The molecule has 0 saturated carbocycles. The number of nitrogens with zero attached hydrogens (tertiary/aromatic N) is 4. The molecular weight excluding hydrogens is 423 g/mol. The number of ether oxygens (including phenoxy) is 1. The monoisotopic (exact) mass is 445 g/mol. The van der Waals surface area contributed by atoms with Crippen LogP contribution in [-0.4, -0.2) is 56.7 Å². The van der Waals surface area contributed by atoms with Crippen LogP contribution < -0.4 is 5.32 Å². The van der Waals surface area contributed by atoms with Crippen molar-refractivity contribution in [2.75, 3.05) is 18.4 Å². The number of anilines is 1. The van der Waals surface area contributed by atoms with Gasteiger partial charge in [0.05, 0.1) is 5.69 Å². The molecule has 1 atom stereocenters. The number of carbonyl (C=O) groups is 1. The van der Waals surface area contributed by atoms with Gasteiger partial charge >= 0.3 is 12.3 Å². The highest BCUT2D eigenvalue weighted by Crippen LogP contribution is 2.30. The molecule has 0 unspecified atom stereocenters. The highest BCUT2D eigenvalue weighted by atomic mass is 35.5. The highest BCUT2D eigenvalue weighted by Gasteiger charge is 2.31. The van der Waals surface area contributed by atoms with Gasteiger partial charge < -0.3 is 15.0 Å². The number of pyridine rings is 1. The first-order chi connectivity index (χ1) is 13.9. The minimum absolute atomic E-state index is 0.0769. The van der Waals surface area contributed by atoms with Crippen LogP contribution in [0.25, 0.3) is 11.3 Å². The number of carbonyl (C=O) groups excluding carboxylic acids is 1. The summed E-state index contributed by atoms with van der Waals surface area (Å²) in [7, 11) is 0. The summed E-state index contributed by atoms with van der Waals surface area (Å²) in [6.07, 6.45) is -1.34. The molecule has 1 amide bonds. The average molecular weight is 446 g/mol. The first-order valence-corrected chi connectivity index (χ1v) is 9.78. The average Bonchev–Trinajstić information content (AvgIpc) is 3.22. The number of alkyl halides is 3. The molecule has 1 aliphatic rings. The van der Waals surface area contributed by atoms with Crippen molar-refractivity contribution in [3.05, 3.63) is 29.7 Å². The zero-order valence-corrected chi connectivity index (χ0v) is 17.6. The molecule has 3 heterocycles. The van der Waals surface area contributed by atoms with E-state index in [0.29, 0.717) is 36.5 Å². The predicted molar refractivity (Wildman–Crippen MR) is 106 cm³/mol. The van der Waals surface area contributed by atoms with Crippen LogP contribution in [0.4, 0.5) is 23.7 Å². The quantitative estimate of drug-likeness (QED) is 0.697. The van der Waals surface area contributed by atoms with Crippen molar-refractivity contribution < 1.29 is 22.7 Å². The molecule has 2 aromatic rings. The first-order valence-electron chi connectivity index (χ1n) is 9.40. The molecule has 1 N–H and O–H groups in total. The van der Waals surface area contributed by atoms with Gasteiger partial charge in [0.1, 0.15) is 17.3 Å². The van der Waals surface area contributed by atoms with Gasteiger partial charge in [-0.25, -0.2) is 9.78 Å². The highest BCUT2D eigenvalue weighted by molar-refractivity contribution is 6.29. The number of nitrogens with one attached hydrogen (secondary N) is 1. The molecular formula is C19H23ClF3N5O2. The molecule has 1 saturated heterocycles. The third kappa shape index (κ3) is 6.01. The molecule has 30 heavy (non-hydrogen) atoms. The molecule has 1 aliphatic heterocycles. The Morgan fingerprint density at radius 1 is 1.37 bits per heavy atom. The second kappa shape index (κ2) is 8.33. The van der Waals surface area contributed by atoms with Crippen LogP contribution >= 0.6 is 11.6 Å². The van der Waals surface area contributed by atoms with Crippen LogP contribution in [0, 0.1) is 0 Å². The van der Waals surface area contributed by atoms with Gasteiger partial charge in [-0.05, 0) is 39.3 Å². The summed E-state index contributed by atoms with van der Waals surface area (Å²) in [6.45, 7) is 5.20. The summed E-state index contributed by atoms with van der Waals surface area (Å²) in [4.78, 5) is 17.9. The molecule has 1 fully saturated rings. The number of halogens is 4. The number of amides is 1. The van der Waals surface area contributed by atoms with Gasteiger partial charge in [-0.2, -0.15) is 18.3 Å². The van der Waals surface area contributed by atoms with E-state index in [1.165, 1.54) is 18.5 Å². The van der Waals surface area contributed by atoms with E-state index in [2.05, 4.69) is 15.4 Å². The molecule has 0 aromatic carbocycles. The molecule has 164 valence electrons. The largest absolute Gasteiger partial charge is 0.444 e. The lowest BCUT2D eigenvalue weighted by Gasteiger charge is -2.24. The van der Waals surface area contributed by atoms with Gasteiger partial charge in [0.15, 0.2) is 0 Å². The summed E-state index contributed by atoms with van der Waals surface area (Å²) < 4.78 is 44.1. The van der Waals surface area contributed by atoms with Crippen molar-refractivity contribution in [1.82, 2.24) is 19.7 Å². The van der Waals surface area contributed by atoms with E-state index in [-0.39, 0.29) is 17.3 Å². The second-order valence-corrected chi connectivity index (χ2v) is 8.51. The van der Waals surface area contributed by atoms with Crippen molar-refractivity contribution in [2.24, 2.45) is 0 Å². The van der Waals surface area contributed by atoms with Gasteiger partial charge in [-0.3, -0.25) is 4.68 Å². The SMILES string of the molecule is CC(C)(C)OC(=O)N1CC[C@H](Nc2cc(Cl)ncc2-c2ccn(CC(F)(F)F)n2)C1. The fourth-order valence-electron chi connectivity index (χ4n) is 3.12. The van der Waals surface area contributed by atoms with Gasteiger partial charge in [0, 0.05) is 42.8 Å². The standard InChI is InChI=1S/C19H23ClF3N5O2/c1-18(2,3)30-17(29)27-6-4-12(10-27)25-15-8-16(20)24-9-13(15)14-5-7-28(26-14)11-19(21,22)23/h5,7-9,12H,4,6,10-11H2,1-3H3,(H,24,25)/t12-/m0/s1. The minimum atomic E-state index is -4.36. The van der Waals surface area contributed by atoms with E-state index in [1.54, 1.807) is 31.7 Å². The number of likely N-dealkylation sites (tertiary alicyclic amines) is 1. The number of hydrogen-bond donors (Lipinski definition) is 1. The number of hydrogen-bond acceptors (Lipinski definition) is 5. The third-order valence-electron chi connectivity index (χ3n) is 4.33. The normalized spacial score (nSPS) is 17.3. The number of rotatable bonds is 4. The molecule has 11 heteroatoms. The van der Waals surface area contributed by atoms with E-state index >= 15 is 0 Å². The lowest BCUT2D eigenvalue weighted by molar-refractivity contribution is -0.142. The van der Waals surface area contributed by atoms with Crippen molar-refractivity contribution in [3.8, 4) is 11.3 Å². The maximum atomic E-state index is 12.6. The Bertz CT molecular complexity index is 910. The van der Waals surface area contributed by atoms with Crippen LogP contribution in [-0.2, 0) is 11.3 Å². The summed E-state index contributed by atoms with van der Waals surface area (Å²) in [5, 5.41) is 7.55. The smallest absolute Gasteiger partial charge is 0.410 e. The van der Waals surface area contributed by atoms with Crippen molar-refractivity contribution >= 4 is 23.4 Å². The van der Waals surface area contributed by atoms with Crippen molar-refractivity contribution in [2.45, 2.75) is 51.6 Å². The summed E-state index contributed by atoms with van der Waals surface area (Å²) >= 11 is 6.02. The summed E-state index contributed by atoms with van der Waals surface area (Å²) in [6, 6.07) is 3.01. The first kappa shape index (κ1) is 22.2. The van der Waals surface area contributed by atoms with Crippen molar-refractivity contribution in [3.63, 3.8) is 0 Å². The van der Waals surface area contributed by atoms with E-state index in [9.17, 15) is 18.0 Å². The summed E-state index contributed by atoms with van der Waals surface area (Å²) in [5.41, 5.74) is 0.871. The Morgan fingerprint density at radius 3 is 2.77 bits per heavy atom. The Hall–Kier alpha value is -2.49. The van der Waals surface area contributed by atoms with E-state index < -0.39 is 18.3 Å². The number of aromatic nitrogens is 3.